The zero-order chi connectivity index (χ0) is 44.4. The lowest BCUT2D eigenvalue weighted by molar-refractivity contribution is -0.127. The fourth-order valence-electron chi connectivity index (χ4n) is 16.3. The minimum Gasteiger partial charge on any atom is -0.393 e. The molecule has 8 atom stereocenters. The molecule has 4 aromatic heterocycles. The average Bonchev–Trinajstić information content (AvgIpc) is 4.05. The molecule has 0 aromatic carbocycles. The van der Waals surface area contributed by atoms with Crippen molar-refractivity contribution in [3.63, 3.8) is 0 Å². The van der Waals surface area contributed by atoms with Crippen molar-refractivity contribution in [1.29, 1.82) is 0 Å². The smallest absolute Gasteiger partial charge is 0.330 e. The average molecular weight is 936 g/mol. The van der Waals surface area contributed by atoms with Crippen LogP contribution < -0.4 is 22.0 Å². The van der Waals surface area contributed by atoms with E-state index >= 15 is 4.79 Å². The molecule has 2 saturated heterocycles. The standard InChI is InChI=1S/C49H56Cl2N10O5/c1-58-36-22-52-43(54-34-11-28-2-6-65-38(28)13-32(34)50)56-41(36)60(45(58)63)49-18-26-8-27(19-49)16-47(15-26,24-49)4-5-59-37-23-53-44(55-35-12-29-3-7-66-39(29)14-33(35)51)57-42(37)61(46(59)64)48-17-25-9-30(20-48)40(62)31(10-25)21-48/h11-14,22-23,25-31,38-40,62H,2-10,15-21,24H2,1H3,(H,52,54,56)(H,53,55,57). The zero-order valence-electron chi connectivity index (χ0n) is 37.2. The molecule has 17 heteroatoms. The number of aryl methyl sites for hydroxylation is 2. The Morgan fingerprint density at radius 2 is 1.27 bits per heavy atom. The summed E-state index contributed by atoms with van der Waals surface area (Å²) in [6.45, 7) is 1.93. The number of halogens is 2. The van der Waals surface area contributed by atoms with Gasteiger partial charge in [-0.15, -0.1) is 0 Å². The van der Waals surface area contributed by atoms with E-state index in [2.05, 4.69) is 27.8 Å². The van der Waals surface area contributed by atoms with E-state index < -0.39 is 11.1 Å². The highest BCUT2D eigenvalue weighted by atomic mass is 35.5. The first-order valence-electron chi connectivity index (χ1n) is 24.5. The summed E-state index contributed by atoms with van der Waals surface area (Å²) in [5.41, 5.74) is 3.30. The first kappa shape index (κ1) is 40.8. The lowest BCUT2D eigenvalue weighted by Gasteiger charge is -2.62. The van der Waals surface area contributed by atoms with Crippen LogP contribution in [0.25, 0.3) is 22.3 Å². The van der Waals surface area contributed by atoms with E-state index in [0.717, 1.165) is 100 Å². The summed E-state index contributed by atoms with van der Waals surface area (Å²) in [6.07, 6.45) is 24.7. The lowest BCUT2D eigenvalue weighted by Crippen LogP contribution is -2.59. The molecule has 6 heterocycles. The first-order valence-corrected chi connectivity index (χ1v) is 25.3. The fraction of sp³-hybridized carbons (Fsp3) is 0.633. The van der Waals surface area contributed by atoms with E-state index in [1.165, 1.54) is 6.42 Å². The van der Waals surface area contributed by atoms with Crippen molar-refractivity contribution in [1.82, 2.24) is 38.2 Å². The van der Waals surface area contributed by atoms with E-state index in [0.29, 0.717) is 76.3 Å². The molecule has 8 saturated carbocycles. The third-order valence-electron chi connectivity index (χ3n) is 18.4. The first-order chi connectivity index (χ1) is 31.9. The van der Waals surface area contributed by atoms with Gasteiger partial charge in [-0.25, -0.2) is 19.6 Å². The van der Waals surface area contributed by atoms with Crippen molar-refractivity contribution in [2.75, 3.05) is 23.8 Å². The van der Waals surface area contributed by atoms with Crippen molar-refractivity contribution in [3.05, 3.63) is 79.1 Å². The van der Waals surface area contributed by atoms with Gasteiger partial charge in [0.05, 0.1) is 63.2 Å². The van der Waals surface area contributed by atoms with Crippen LogP contribution in [0.3, 0.4) is 0 Å². The molecule has 0 amide bonds. The van der Waals surface area contributed by atoms with Gasteiger partial charge in [-0.2, -0.15) is 9.97 Å². The number of rotatable bonds is 9. The summed E-state index contributed by atoms with van der Waals surface area (Å²) in [5, 5.41) is 19.3. The third kappa shape index (κ3) is 6.03. The van der Waals surface area contributed by atoms with Crippen LogP contribution in [0.4, 0.5) is 11.9 Å². The van der Waals surface area contributed by atoms with Crippen LogP contribution in [-0.2, 0) is 34.1 Å². The Bertz CT molecular complexity index is 2970. The van der Waals surface area contributed by atoms with Gasteiger partial charge < -0.3 is 25.2 Å². The van der Waals surface area contributed by atoms with E-state index in [4.69, 9.17) is 47.6 Å². The largest absolute Gasteiger partial charge is 0.393 e. The van der Waals surface area contributed by atoms with E-state index in [-0.39, 0.29) is 58.8 Å². The van der Waals surface area contributed by atoms with Gasteiger partial charge in [-0.05, 0) is 137 Å². The predicted octanol–water partition coefficient (Wildman–Crippen LogP) is 6.99. The number of nitrogens with zero attached hydrogens (tertiary/aromatic N) is 8. The second-order valence-electron chi connectivity index (χ2n) is 22.4. The molecule has 2 aliphatic heterocycles. The highest BCUT2D eigenvalue weighted by Crippen LogP contribution is 2.66. The molecule has 0 radical (unpaired) electrons. The highest BCUT2D eigenvalue weighted by Gasteiger charge is 2.60. The number of hydrogen-bond donors (Lipinski definition) is 3. The number of fused-ring (bicyclic) bond motifs is 4. The monoisotopic (exact) mass is 934 g/mol. The molecule has 346 valence electrons. The maximum absolute atomic E-state index is 15.3. The number of imidazole rings is 2. The Morgan fingerprint density at radius 3 is 1.89 bits per heavy atom. The summed E-state index contributed by atoms with van der Waals surface area (Å²) in [5.74, 6) is 3.10. The van der Waals surface area contributed by atoms with Crippen LogP contribution in [0, 0.1) is 46.8 Å². The van der Waals surface area contributed by atoms with Gasteiger partial charge in [0, 0.05) is 38.6 Å². The van der Waals surface area contributed by atoms with Gasteiger partial charge in [-0.3, -0.25) is 18.3 Å². The number of aromatic nitrogens is 8. The molecule has 10 aliphatic carbocycles. The van der Waals surface area contributed by atoms with E-state index in [1.807, 2.05) is 39.1 Å². The summed E-state index contributed by atoms with van der Waals surface area (Å²) < 4.78 is 19.4. The van der Waals surface area contributed by atoms with Crippen molar-refractivity contribution < 1.29 is 14.6 Å². The van der Waals surface area contributed by atoms with Crippen LogP contribution in [-0.4, -0.2) is 74.8 Å². The Morgan fingerprint density at radius 1 is 0.712 bits per heavy atom. The molecule has 4 aromatic rings. The Balaban J connectivity index is 0.811. The van der Waals surface area contributed by atoms with Gasteiger partial charge in [0.2, 0.25) is 11.9 Å². The van der Waals surface area contributed by atoms with Crippen molar-refractivity contribution in [3.8, 4) is 0 Å². The Kier molecular flexibility index (Phi) is 8.88. The third-order valence-corrected chi connectivity index (χ3v) is 19.0. The highest BCUT2D eigenvalue weighted by molar-refractivity contribution is 6.32. The van der Waals surface area contributed by atoms with Gasteiger partial charge in [0.25, 0.3) is 0 Å². The summed E-state index contributed by atoms with van der Waals surface area (Å²) >= 11 is 13.5. The topological polar surface area (TPSA) is 168 Å². The minimum atomic E-state index is -0.406. The Labute approximate surface area is 391 Å². The van der Waals surface area contributed by atoms with Gasteiger partial charge in [0.1, 0.15) is 11.0 Å². The normalized spacial score (nSPS) is 39.3. The maximum Gasteiger partial charge on any atom is 0.330 e. The minimum absolute atomic E-state index is 0.00932. The maximum atomic E-state index is 15.3. The quantitative estimate of drug-likeness (QED) is 0.158. The van der Waals surface area contributed by atoms with Gasteiger partial charge in [-0.1, -0.05) is 35.4 Å². The number of hydrogen-bond acceptors (Lipinski definition) is 11. The number of aliphatic hydroxyl groups excluding tert-OH is 1. The molecular weight excluding hydrogens is 880 g/mol. The molecule has 66 heavy (non-hydrogen) atoms. The molecule has 16 rings (SSSR count). The predicted molar refractivity (Wildman–Crippen MR) is 249 cm³/mol. The van der Waals surface area contributed by atoms with E-state index in [1.54, 1.807) is 10.8 Å². The number of ether oxygens (including phenoxy) is 2. The fourth-order valence-corrected chi connectivity index (χ4v) is 16.8. The van der Waals surface area contributed by atoms with Gasteiger partial charge >= 0.3 is 11.4 Å². The van der Waals surface area contributed by atoms with Crippen molar-refractivity contribution >= 4 is 57.4 Å². The molecule has 15 nitrogen and oxygen atoms in total. The summed E-state index contributed by atoms with van der Waals surface area (Å²) in [4.78, 5) is 49.7. The summed E-state index contributed by atoms with van der Waals surface area (Å²) in [7, 11) is 1.82. The molecule has 8 bridgehead atoms. The van der Waals surface area contributed by atoms with E-state index in [9.17, 15) is 9.90 Å². The second-order valence-corrected chi connectivity index (χ2v) is 23.2. The molecule has 12 aliphatic rings. The number of nitrogens with one attached hydrogen (secondary N) is 2. The van der Waals surface area contributed by atoms with Crippen LogP contribution in [0.15, 0.2) is 67.7 Å². The SMILES string of the molecule is Cn1c(=O)n(C23CC4CC(CC(CCn5c(=O)n(C67CC8CC(C6)C(O)C(C8)C7)c6nc(NC7=CC8CCOC8C=C7Cl)ncc65)(C4)C2)C3)c2nc(NC3=CC4CCOC4C=C3Cl)ncc21. The number of aliphatic hydroxyl groups is 1. The number of anilines is 2. The van der Waals surface area contributed by atoms with Crippen LogP contribution in [0.1, 0.15) is 89.9 Å². The van der Waals surface area contributed by atoms with Crippen molar-refractivity contribution in [2.45, 2.75) is 126 Å². The van der Waals surface area contributed by atoms with Crippen LogP contribution in [0.2, 0.25) is 0 Å². The summed E-state index contributed by atoms with van der Waals surface area (Å²) in [6, 6.07) is 0. The zero-order valence-corrected chi connectivity index (χ0v) is 38.7. The van der Waals surface area contributed by atoms with Gasteiger partial charge in [0.15, 0.2) is 11.3 Å². The molecule has 0 spiro atoms. The van der Waals surface area contributed by atoms with Crippen LogP contribution in [0.5, 0.6) is 0 Å². The lowest BCUT2D eigenvalue weighted by atomic mass is 9.46. The second kappa shape index (κ2) is 14.4. The van der Waals surface area contributed by atoms with Crippen molar-refractivity contribution in [2.24, 2.45) is 53.9 Å². The Hall–Kier alpha value is -4.28. The molecular formula is C49H56Cl2N10O5. The molecule has 10 fully saturated rings. The molecule has 8 unspecified atom stereocenters. The van der Waals surface area contributed by atoms with Crippen LogP contribution >= 0.6 is 23.2 Å². The molecule has 3 N–H and O–H groups in total. The number of allylic oxidation sites excluding steroid dienone is 2.